The number of primary amides is 1. The first kappa shape index (κ1) is 20.3. The van der Waals surface area contributed by atoms with E-state index in [9.17, 15) is 14.4 Å². The predicted molar refractivity (Wildman–Crippen MR) is 102 cm³/mol. The number of rotatable bonds is 10. The number of H-pyrrole nitrogens is 1. The number of nitrogens with two attached hydrogens (primary N) is 1. The van der Waals surface area contributed by atoms with E-state index in [1.54, 1.807) is 0 Å². The minimum absolute atomic E-state index is 0.201. The number of hydrogen-bond acceptors (Lipinski definition) is 4. The van der Waals surface area contributed by atoms with E-state index in [1.807, 2.05) is 30.5 Å². The predicted octanol–water partition coefficient (Wildman–Crippen LogP) is 1.60. The second-order valence-corrected chi connectivity index (χ2v) is 6.31. The van der Waals surface area contributed by atoms with Gasteiger partial charge in [-0.3, -0.25) is 4.79 Å². The molecule has 8 heteroatoms. The highest BCUT2D eigenvalue weighted by molar-refractivity contribution is 5.87. The lowest BCUT2D eigenvalue weighted by Crippen LogP contribution is -2.43. The number of urea groups is 1. The topological polar surface area (TPSA) is 126 Å². The molecular weight excluding hydrogens is 348 g/mol. The molecule has 2 aromatic rings. The van der Waals surface area contributed by atoms with Gasteiger partial charge in [0.1, 0.15) is 6.04 Å². The fourth-order valence-electron chi connectivity index (χ4n) is 2.92. The first-order valence-electron chi connectivity index (χ1n) is 8.96. The molecule has 0 aliphatic heterocycles. The molecule has 0 bridgehead atoms. The van der Waals surface area contributed by atoms with Gasteiger partial charge < -0.3 is 26.1 Å². The largest absolute Gasteiger partial charge is 0.467 e. The monoisotopic (exact) mass is 374 g/mol. The van der Waals surface area contributed by atoms with Crippen LogP contribution in [0.2, 0.25) is 0 Å². The van der Waals surface area contributed by atoms with Crippen molar-refractivity contribution in [3.8, 4) is 0 Å². The number of hydrogen-bond donors (Lipinski definition) is 4. The van der Waals surface area contributed by atoms with E-state index in [0.717, 1.165) is 29.3 Å². The first-order valence-corrected chi connectivity index (χ1v) is 8.96. The molecule has 1 atom stereocenters. The van der Waals surface area contributed by atoms with Gasteiger partial charge in [-0.25, -0.2) is 9.59 Å². The molecule has 0 radical (unpaired) electrons. The number of carbonyl (C=O) groups excluding carboxylic acids is 3. The zero-order valence-corrected chi connectivity index (χ0v) is 15.4. The van der Waals surface area contributed by atoms with Gasteiger partial charge in [-0.1, -0.05) is 24.6 Å². The van der Waals surface area contributed by atoms with E-state index in [-0.39, 0.29) is 5.91 Å². The molecule has 1 heterocycles. The van der Waals surface area contributed by atoms with Crippen molar-refractivity contribution < 1.29 is 19.1 Å². The maximum atomic E-state index is 12.2. The average molecular weight is 374 g/mol. The third-order valence-electron chi connectivity index (χ3n) is 4.30. The number of aromatic amines is 1. The number of fused-ring (bicyclic) bond motifs is 1. The summed E-state index contributed by atoms with van der Waals surface area (Å²) in [5.41, 5.74) is 6.90. The molecule has 5 N–H and O–H groups in total. The summed E-state index contributed by atoms with van der Waals surface area (Å²) in [5.74, 6) is -0.674. The number of aromatic nitrogens is 1. The molecule has 0 fully saturated rings. The Bertz CT molecular complexity index is 787. The lowest BCUT2D eigenvalue weighted by Gasteiger charge is -2.16. The van der Waals surface area contributed by atoms with Crippen LogP contribution in [0.4, 0.5) is 4.79 Å². The Morgan fingerprint density at radius 1 is 1.19 bits per heavy atom. The lowest BCUT2D eigenvalue weighted by atomic mass is 10.0. The van der Waals surface area contributed by atoms with E-state index < -0.39 is 18.0 Å². The Morgan fingerprint density at radius 3 is 2.70 bits per heavy atom. The second kappa shape index (κ2) is 10.2. The van der Waals surface area contributed by atoms with Crippen LogP contribution in [-0.4, -0.2) is 42.6 Å². The molecule has 0 saturated carbocycles. The summed E-state index contributed by atoms with van der Waals surface area (Å²) in [5, 5.41) is 6.28. The summed E-state index contributed by atoms with van der Waals surface area (Å²) < 4.78 is 4.84. The highest BCUT2D eigenvalue weighted by Gasteiger charge is 2.23. The molecule has 0 aliphatic carbocycles. The van der Waals surface area contributed by atoms with Crippen molar-refractivity contribution in [3.63, 3.8) is 0 Å². The Balaban J connectivity index is 1.86. The van der Waals surface area contributed by atoms with Crippen LogP contribution in [0.5, 0.6) is 0 Å². The third-order valence-corrected chi connectivity index (χ3v) is 4.30. The lowest BCUT2D eigenvalue weighted by molar-refractivity contribution is -0.145. The van der Waals surface area contributed by atoms with Crippen LogP contribution >= 0.6 is 0 Å². The Labute approximate surface area is 157 Å². The standard InChI is InChI=1S/C19H26N4O4/c1-27-18(25)16(11-13-12-22-15-8-5-4-7-14(13)15)23-17(24)9-3-2-6-10-21-19(20)26/h4-5,7-8,12,16,22H,2-3,6,9-11H2,1H3,(H,23,24)(H3,20,21,26)/t16-/m0/s1. The first-order chi connectivity index (χ1) is 13.0. The van der Waals surface area contributed by atoms with E-state index in [4.69, 9.17) is 10.5 Å². The van der Waals surface area contributed by atoms with Gasteiger partial charge in [-0.15, -0.1) is 0 Å². The molecule has 0 saturated heterocycles. The fraction of sp³-hybridized carbons (Fsp3) is 0.421. The van der Waals surface area contributed by atoms with Gasteiger partial charge in [0.2, 0.25) is 5.91 Å². The summed E-state index contributed by atoms with van der Waals surface area (Å²) in [4.78, 5) is 38.0. The number of nitrogens with one attached hydrogen (secondary N) is 3. The van der Waals surface area contributed by atoms with E-state index in [1.165, 1.54) is 7.11 Å². The number of methoxy groups -OCH3 is 1. The van der Waals surface area contributed by atoms with Crippen LogP contribution < -0.4 is 16.4 Å². The minimum Gasteiger partial charge on any atom is -0.467 e. The van der Waals surface area contributed by atoms with Crippen molar-refractivity contribution in [2.24, 2.45) is 5.73 Å². The molecule has 0 spiro atoms. The molecule has 8 nitrogen and oxygen atoms in total. The van der Waals surface area contributed by atoms with Gasteiger partial charge in [0.25, 0.3) is 0 Å². The number of esters is 1. The van der Waals surface area contributed by atoms with E-state index in [0.29, 0.717) is 25.8 Å². The molecular formula is C19H26N4O4. The van der Waals surface area contributed by atoms with Gasteiger partial charge in [0, 0.05) is 36.5 Å². The summed E-state index contributed by atoms with van der Waals surface area (Å²) in [6.07, 6.45) is 4.68. The molecule has 0 unspecified atom stereocenters. The van der Waals surface area contributed by atoms with Crippen LogP contribution in [0.25, 0.3) is 10.9 Å². The number of amides is 3. The number of benzene rings is 1. The molecule has 3 amide bonds. The summed E-state index contributed by atoms with van der Waals surface area (Å²) >= 11 is 0. The Morgan fingerprint density at radius 2 is 1.96 bits per heavy atom. The Hall–Kier alpha value is -3.03. The number of carbonyl (C=O) groups is 3. The molecule has 1 aromatic heterocycles. The van der Waals surface area contributed by atoms with Gasteiger partial charge in [-0.2, -0.15) is 0 Å². The van der Waals surface area contributed by atoms with Crippen LogP contribution in [-0.2, 0) is 20.7 Å². The highest BCUT2D eigenvalue weighted by Crippen LogP contribution is 2.19. The van der Waals surface area contributed by atoms with Crippen LogP contribution in [0.15, 0.2) is 30.5 Å². The third kappa shape index (κ3) is 6.32. The second-order valence-electron chi connectivity index (χ2n) is 6.31. The summed E-state index contributed by atoms with van der Waals surface area (Å²) in [6.45, 7) is 0.488. The van der Waals surface area contributed by atoms with Crippen molar-refractivity contribution in [2.75, 3.05) is 13.7 Å². The van der Waals surface area contributed by atoms with Crippen molar-refractivity contribution in [3.05, 3.63) is 36.0 Å². The number of ether oxygens (including phenoxy) is 1. The molecule has 1 aromatic carbocycles. The summed E-state index contributed by atoms with van der Waals surface area (Å²) in [6, 6.07) is 6.50. The molecule has 0 aliphatic rings. The van der Waals surface area contributed by atoms with Crippen molar-refractivity contribution >= 4 is 28.8 Å². The number of unbranched alkanes of at least 4 members (excludes halogenated alkanes) is 2. The maximum absolute atomic E-state index is 12.2. The van der Waals surface area contributed by atoms with Gasteiger partial charge >= 0.3 is 12.0 Å². The van der Waals surface area contributed by atoms with Crippen molar-refractivity contribution in [1.29, 1.82) is 0 Å². The molecule has 2 rings (SSSR count). The van der Waals surface area contributed by atoms with Crippen molar-refractivity contribution in [2.45, 2.75) is 38.1 Å². The van der Waals surface area contributed by atoms with Crippen LogP contribution in [0.3, 0.4) is 0 Å². The highest BCUT2D eigenvalue weighted by atomic mass is 16.5. The normalized spacial score (nSPS) is 11.7. The van der Waals surface area contributed by atoms with E-state index in [2.05, 4.69) is 15.6 Å². The molecule has 146 valence electrons. The van der Waals surface area contributed by atoms with Crippen LogP contribution in [0.1, 0.15) is 31.2 Å². The maximum Gasteiger partial charge on any atom is 0.328 e. The van der Waals surface area contributed by atoms with Gasteiger partial charge in [0.15, 0.2) is 0 Å². The minimum atomic E-state index is -0.738. The zero-order valence-electron chi connectivity index (χ0n) is 15.4. The number of para-hydroxylation sites is 1. The fourth-order valence-corrected chi connectivity index (χ4v) is 2.92. The quantitative estimate of drug-likeness (QED) is 0.372. The zero-order chi connectivity index (χ0) is 19.6. The molecule has 27 heavy (non-hydrogen) atoms. The smallest absolute Gasteiger partial charge is 0.328 e. The van der Waals surface area contributed by atoms with Crippen LogP contribution in [0, 0.1) is 0 Å². The Kier molecular flexibility index (Phi) is 7.66. The van der Waals surface area contributed by atoms with E-state index >= 15 is 0 Å². The SMILES string of the molecule is COC(=O)[C@H](Cc1c[nH]c2ccccc12)NC(=O)CCCCCNC(N)=O. The van der Waals surface area contributed by atoms with Gasteiger partial charge in [-0.05, 0) is 24.5 Å². The van der Waals surface area contributed by atoms with Gasteiger partial charge in [0.05, 0.1) is 7.11 Å². The summed E-state index contributed by atoms with van der Waals surface area (Å²) in [7, 11) is 1.31. The van der Waals surface area contributed by atoms with Crippen molar-refractivity contribution in [1.82, 2.24) is 15.6 Å². The average Bonchev–Trinajstić information content (AvgIpc) is 3.06.